The number of nitrogens with one attached hydrogen (secondary N) is 1. The van der Waals surface area contributed by atoms with E-state index in [4.69, 9.17) is 17.3 Å². The SMILES string of the molecule is CN(Cc1cn[nH]c1)S(=O)(=O)c1cnc(N)c(Cl)c1. The van der Waals surface area contributed by atoms with Crippen molar-refractivity contribution in [3.8, 4) is 0 Å². The van der Waals surface area contributed by atoms with E-state index in [-0.39, 0.29) is 22.3 Å². The van der Waals surface area contributed by atoms with Crippen LogP contribution in [0.5, 0.6) is 0 Å². The normalized spacial score (nSPS) is 11.9. The lowest BCUT2D eigenvalue weighted by Gasteiger charge is -2.16. The fourth-order valence-corrected chi connectivity index (χ4v) is 2.82. The smallest absolute Gasteiger partial charge is 0.244 e. The minimum absolute atomic E-state index is 0.00213. The van der Waals surface area contributed by atoms with Crippen LogP contribution in [0.15, 0.2) is 29.6 Å². The van der Waals surface area contributed by atoms with E-state index in [1.54, 1.807) is 12.4 Å². The Morgan fingerprint density at radius 1 is 1.47 bits per heavy atom. The largest absolute Gasteiger partial charge is 0.382 e. The molecule has 0 saturated carbocycles. The van der Waals surface area contributed by atoms with Crippen molar-refractivity contribution in [2.24, 2.45) is 0 Å². The number of nitrogen functional groups attached to an aromatic ring is 1. The highest BCUT2D eigenvalue weighted by molar-refractivity contribution is 7.89. The number of H-pyrrole nitrogens is 1. The van der Waals surface area contributed by atoms with Crippen molar-refractivity contribution in [3.63, 3.8) is 0 Å². The van der Waals surface area contributed by atoms with Crippen LogP contribution in [-0.2, 0) is 16.6 Å². The van der Waals surface area contributed by atoms with Gasteiger partial charge < -0.3 is 5.73 Å². The first-order valence-electron chi connectivity index (χ1n) is 5.26. The van der Waals surface area contributed by atoms with Crippen molar-refractivity contribution in [1.29, 1.82) is 0 Å². The van der Waals surface area contributed by atoms with Gasteiger partial charge in [-0.25, -0.2) is 13.4 Å². The number of hydrogen-bond donors (Lipinski definition) is 2. The highest BCUT2D eigenvalue weighted by atomic mass is 35.5. The number of rotatable bonds is 4. The molecule has 2 heterocycles. The molecule has 3 N–H and O–H groups in total. The Bertz CT molecular complexity index is 671. The van der Waals surface area contributed by atoms with E-state index >= 15 is 0 Å². The molecule has 0 aliphatic heterocycles. The Morgan fingerprint density at radius 3 is 2.79 bits per heavy atom. The topological polar surface area (TPSA) is 105 Å². The van der Waals surface area contributed by atoms with Crippen molar-refractivity contribution in [1.82, 2.24) is 19.5 Å². The lowest BCUT2D eigenvalue weighted by Crippen LogP contribution is -2.26. The standard InChI is InChI=1S/C10H12ClN5O2S/c1-16(6-7-3-14-15-4-7)19(17,18)8-2-9(11)10(12)13-5-8/h2-5H,6H2,1H3,(H2,12,13)(H,14,15). The predicted molar refractivity (Wildman–Crippen MR) is 70.9 cm³/mol. The number of pyridine rings is 1. The molecule has 0 bridgehead atoms. The van der Waals surface area contributed by atoms with E-state index in [1.807, 2.05) is 0 Å². The molecule has 0 spiro atoms. The highest BCUT2D eigenvalue weighted by Gasteiger charge is 2.22. The van der Waals surface area contributed by atoms with Gasteiger partial charge in [0.15, 0.2) is 0 Å². The van der Waals surface area contributed by atoms with Gasteiger partial charge in [0.05, 0.1) is 11.2 Å². The molecule has 2 aromatic heterocycles. The maximum atomic E-state index is 12.3. The lowest BCUT2D eigenvalue weighted by molar-refractivity contribution is 0.466. The van der Waals surface area contributed by atoms with Crippen molar-refractivity contribution >= 4 is 27.4 Å². The maximum Gasteiger partial charge on any atom is 0.244 e. The predicted octanol–water partition coefficient (Wildman–Crippen LogP) is 0.861. The number of halogens is 1. The molecule has 102 valence electrons. The molecule has 0 atom stereocenters. The van der Waals surface area contributed by atoms with Crippen molar-refractivity contribution < 1.29 is 8.42 Å². The molecule has 2 rings (SSSR count). The summed E-state index contributed by atoms with van der Waals surface area (Å²) in [7, 11) is -2.20. The minimum atomic E-state index is -3.67. The fraction of sp³-hybridized carbons (Fsp3) is 0.200. The van der Waals surface area contributed by atoms with E-state index in [0.29, 0.717) is 0 Å². The second kappa shape index (κ2) is 5.16. The highest BCUT2D eigenvalue weighted by Crippen LogP contribution is 2.22. The van der Waals surface area contributed by atoms with Gasteiger partial charge in [-0.2, -0.15) is 9.40 Å². The second-order valence-electron chi connectivity index (χ2n) is 3.91. The summed E-state index contributed by atoms with van der Waals surface area (Å²) in [5.74, 6) is 0.0955. The average Bonchev–Trinajstić information content (AvgIpc) is 2.85. The average molecular weight is 302 g/mol. The van der Waals surface area contributed by atoms with Crippen LogP contribution in [0.25, 0.3) is 0 Å². The third kappa shape index (κ3) is 2.86. The zero-order valence-electron chi connectivity index (χ0n) is 10.0. The molecule has 2 aromatic rings. The van der Waals surface area contributed by atoms with Crippen LogP contribution in [0.2, 0.25) is 5.02 Å². The summed E-state index contributed by atoms with van der Waals surface area (Å²) in [5, 5.41) is 6.49. The Hall–Kier alpha value is -1.64. The number of aromatic amines is 1. The number of anilines is 1. The third-order valence-corrected chi connectivity index (χ3v) is 4.58. The first kappa shape index (κ1) is 13.8. The summed E-state index contributed by atoms with van der Waals surface area (Å²) < 4.78 is 25.7. The minimum Gasteiger partial charge on any atom is -0.382 e. The number of nitrogens with zero attached hydrogens (tertiary/aromatic N) is 3. The van der Waals surface area contributed by atoms with Crippen LogP contribution in [-0.4, -0.2) is 35.0 Å². The van der Waals surface area contributed by atoms with Crippen LogP contribution in [0.1, 0.15) is 5.56 Å². The Labute approximate surface area is 115 Å². The van der Waals surface area contributed by atoms with Crippen molar-refractivity contribution in [2.75, 3.05) is 12.8 Å². The van der Waals surface area contributed by atoms with Gasteiger partial charge >= 0.3 is 0 Å². The van der Waals surface area contributed by atoms with Crippen LogP contribution in [0.3, 0.4) is 0 Å². The molecule has 0 aliphatic rings. The molecule has 19 heavy (non-hydrogen) atoms. The fourth-order valence-electron chi connectivity index (χ4n) is 1.46. The van der Waals surface area contributed by atoms with Crippen molar-refractivity contribution in [3.05, 3.63) is 35.2 Å². The van der Waals surface area contributed by atoms with Gasteiger partial charge in [-0.1, -0.05) is 11.6 Å². The molecule has 0 fully saturated rings. The molecule has 0 saturated heterocycles. The maximum absolute atomic E-state index is 12.3. The Kier molecular flexibility index (Phi) is 3.74. The van der Waals surface area contributed by atoms with Gasteiger partial charge in [0.25, 0.3) is 0 Å². The summed E-state index contributed by atoms with van der Waals surface area (Å²) in [6.07, 6.45) is 4.36. The summed E-state index contributed by atoms with van der Waals surface area (Å²) in [6.45, 7) is 0.195. The van der Waals surface area contributed by atoms with E-state index in [9.17, 15) is 8.42 Å². The Balaban J connectivity index is 2.28. The Morgan fingerprint density at radius 2 is 2.21 bits per heavy atom. The van der Waals surface area contributed by atoms with E-state index < -0.39 is 10.0 Å². The molecule has 0 unspecified atom stereocenters. The van der Waals surface area contributed by atoms with Gasteiger partial charge in [-0.3, -0.25) is 5.10 Å². The summed E-state index contributed by atoms with van der Waals surface area (Å²) in [6, 6.07) is 1.28. The molecule has 0 aromatic carbocycles. The summed E-state index contributed by atoms with van der Waals surface area (Å²) >= 11 is 5.78. The number of aromatic nitrogens is 3. The van der Waals surface area contributed by atoms with Gasteiger partial charge in [-0.05, 0) is 6.07 Å². The van der Waals surface area contributed by atoms with E-state index in [2.05, 4.69) is 15.2 Å². The van der Waals surface area contributed by atoms with Crippen molar-refractivity contribution in [2.45, 2.75) is 11.4 Å². The van der Waals surface area contributed by atoms with Crippen LogP contribution in [0, 0.1) is 0 Å². The van der Waals surface area contributed by atoms with Gasteiger partial charge in [-0.15, -0.1) is 0 Å². The second-order valence-corrected chi connectivity index (χ2v) is 6.36. The summed E-state index contributed by atoms with van der Waals surface area (Å²) in [4.78, 5) is 3.74. The first-order valence-corrected chi connectivity index (χ1v) is 7.08. The molecular formula is C10H12ClN5O2S. The number of sulfonamides is 1. The van der Waals surface area contributed by atoms with E-state index in [1.165, 1.54) is 23.6 Å². The van der Waals surface area contributed by atoms with Gasteiger partial charge in [0, 0.05) is 31.5 Å². The van der Waals surface area contributed by atoms with Crippen LogP contribution < -0.4 is 5.73 Å². The molecule has 7 nitrogen and oxygen atoms in total. The molecule has 0 aliphatic carbocycles. The summed E-state index contributed by atoms with van der Waals surface area (Å²) in [5.41, 5.74) is 6.20. The third-order valence-electron chi connectivity index (χ3n) is 2.51. The zero-order chi connectivity index (χ0) is 14.0. The van der Waals surface area contributed by atoms with E-state index in [0.717, 1.165) is 5.56 Å². The van der Waals surface area contributed by atoms with Crippen LogP contribution in [0.4, 0.5) is 5.82 Å². The molecular weight excluding hydrogens is 290 g/mol. The molecule has 0 radical (unpaired) electrons. The number of hydrogen-bond acceptors (Lipinski definition) is 5. The van der Waals surface area contributed by atoms with Gasteiger partial charge in [0.1, 0.15) is 10.7 Å². The lowest BCUT2D eigenvalue weighted by atomic mass is 10.4. The van der Waals surface area contributed by atoms with Crippen LogP contribution >= 0.6 is 11.6 Å². The number of nitrogens with two attached hydrogens (primary N) is 1. The monoisotopic (exact) mass is 301 g/mol. The quantitative estimate of drug-likeness (QED) is 0.871. The zero-order valence-corrected chi connectivity index (χ0v) is 11.6. The first-order chi connectivity index (χ1) is 8.91. The molecule has 9 heteroatoms. The molecule has 0 amide bonds. The van der Waals surface area contributed by atoms with Gasteiger partial charge in [0.2, 0.25) is 10.0 Å².